The zero-order valence-corrected chi connectivity index (χ0v) is 19.8. The van der Waals surface area contributed by atoms with Gasteiger partial charge in [0.25, 0.3) is 0 Å². The van der Waals surface area contributed by atoms with Crippen LogP contribution in [-0.2, 0) is 16.1 Å². The van der Waals surface area contributed by atoms with E-state index in [0.29, 0.717) is 25.1 Å². The van der Waals surface area contributed by atoms with Gasteiger partial charge in [0.15, 0.2) is 0 Å². The van der Waals surface area contributed by atoms with Crippen molar-refractivity contribution in [1.82, 2.24) is 10.2 Å². The molecule has 0 saturated heterocycles. The van der Waals surface area contributed by atoms with Gasteiger partial charge in [0, 0.05) is 29.7 Å². The monoisotopic (exact) mass is 442 g/mol. The Hall–Kier alpha value is -2.47. The summed E-state index contributed by atoms with van der Waals surface area (Å²) < 4.78 is 5.23. The van der Waals surface area contributed by atoms with Gasteiger partial charge in [0.2, 0.25) is 11.8 Å². The summed E-state index contributed by atoms with van der Waals surface area (Å²) in [4.78, 5) is 29.0. The Bertz CT molecular complexity index is 811. The van der Waals surface area contributed by atoms with Crippen LogP contribution in [0.3, 0.4) is 0 Å². The van der Waals surface area contributed by atoms with Crippen LogP contribution in [0.4, 0.5) is 0 Å². The van der Waals surface area contributed by atoms with Gasteiger partial charge >= 0.3 is 0 Å². The lowest BCUT2D eigenvalue weighted by Crippen LogP contribution is -2.50. The standard InChI is InChI=1S/C25H34N2O3S/c1-5-19(3)26-25(29)23(6-2)27(18-20-12-14-21(30-4)15-13-20)24(28)16-17-31-22-10-8-7-9-11-22/h7-15,19,23H,5-6,16-18H2,1-4H3,(H,26,29)/t19-,23-/m0/s1. The average molecular weight is 443 g/mol. The number of carbonyl (C=O) groups excluding carboxylic acids is 2. The molecule has 0 aliphatic carbocycles. The summed E-state index contributed by atoms with van der Waals surface area (Å²) in [5.41, 5.74) is 0.972. The highest BCUT2D eigenvalue weighted by atomic mass is 32.2. The minimum absolute atomic E-state index is 0.00889. The molecular formula is C25H34N2O3S. The molecule has 5 nitrogen and oxygen atoms in total. The van der Waals surface area contributed by atoms with E-state index in [4.69, 9.17) is 4.74 Å². The van der Waals surface area contributed by atoms with E-state index < -0.39 is 6.04 Å². The second kappa shape index (κ2) is 13.1. The van der Waals surface area contributed by atoms with Gasteiger partial charge in [-0.05, 0) is 49.6 Å². The molecule has 0 aliphatic heterocycles. The molecule has 2 atom stereocenters. The summed E-state index contributed by atoms with van der Waals surface area (Å²) in [6, 6.07) is 17.3. The number of hydrogen-bond acceptors (Lipinski definition) is 4. The highest BCUT2D eigenvalue weighted by molar-refractivity contribution is 7.99. The van der Waals surface area contributed by atoms with Crippen molar-refractivity contribution in [2.45, 2.75) is 63.6 Å². The lowest BCUT2D eigenvalue weighted by Gasteiger charge is -2.31. The first-order valence-corrected chi connectivity index (χ1v) is 11.9. The molecule has 0 saturated carbocycles. The van der Waals surface area contributed by atoms with Crippen LogP contribution in [0, 0.1) is 0 Å². The van der Waals surface area contributed by atoms with E-state index in [0.717, 1.165) is 22.6 Å². The quantitative estimate of drug-likeness (QED) is 0.475. The first-order chi connectivity index (χ1) is 15.0. The third kappa shape index (κ3) is 7.94. The summed E-state index contributed by atoms with van der Waals surface area (Å²) >= 11 is 1.65. The number of amides is 2. The average Bonchev–Trinajstić information content (AvgIpc) is 2.79. The fourth-order valence-corrected chi connectivity index (χ4v) is 4.07. The van der Waals surface area contributed by atoms with Gasteiger partial charge in [-0.3, -0.25) is 9.59 Å². The van der Waals surface area contributed by atoms with E-state index in [9.17, 15) is 9.59 Å². The maximum absolute atomic E-state index is 13.2. The van der Waals surface area contributed by atoms with E-state index >= 15 is 0 Å². The molecule has 2 aromatic carbocycles. The zero-order valence-electron chi connectivity index (χ0n) is 19.0. The molecule has 6 heteroatoms. The molecule has 31 heavy (non-hydrogen) atoms. The van der Waals surface area contributed by atoms with Crippen molar-refractivity contribution in [3.8, 4) is 5.75 Å². The van der Waals surface area contributed by atoms with Crippen LogP contribution in [0.2, 0.25) is 0 Å². The molecule has 2 amide bonds. The van der Waals surface area contributed by atoms with E-state index in [-0.39, 0.29) is 17.9 Å². The molecule has 0 heterocycles. The van der Waals surface area contributed by atoms with Crippen LogP contribution in [0.1, 0.15) is 45.6 Å². The smallest absolute Gasteiger partial charge is 0.243 e. The Kier molecular flexibility index (Phi) is 10.4. The number of benzene rings is 2. The molecule has 2 aromatic rings. The lowest BCUT2D eigenvalue weighted by atomic mass is 10.1. The van der Waals surface area contributed by atoms with Crippen molar-refractivity contribution < 1.29 is 14.3 Å². The van der Waals surface area contributed by atoms with Crippen LogP contribution >= 0.6 is 11.8 Å². The fraction of sp³-hybridized carbons (Fsp3) is 0.440. The number of carbonyl (C=O) groups is 2. The Labute approximate surface area is 190 Å². The van der Waals surface area contributed by atoms with E-state index in [1.165, 1.54) is 0 Å². The molecule has 0 unspecified atom stereocenters. The van der Waals surface area contributed by atoms with Gasteiger partial charge in [-0.2, -0.15) is 0 Å². The molecule has 168 valence electrons. The van der Waals surface area contributed by atoms with Gasteiger partial charge in [0.1, 0.15) is 11.8 Å². The van der Waals surface area contributed by atoms with Crippen LogP contribution < -0.4 is 10.1 Å². The van der Waals surface area contributed by atoms with Crippen molar-refractivity contribution in [2.75, 3.05) is 12.9 Å². The van der Waals surface area contributed by atoms with Crippen molar-refractivity contribution in [1.29, 1.82) is 0 Å². The molecule has 0 fully saturated rings. The number of ether oxygens (including phenoxy) is 1. The molecule has 0 aromatic heterocycles. The van der Waals surface area contributed by atoms with Crippen molar-refractivity contribution in [3.05, 3.63) is 60.2 Å². The van der Waals surface area contributed by atoms with E-state index in [1.807, 2.05) is 75.4 Å². The Morgan fingerprint density at radius 2 is 1.71 bits per heavy atom. The summed E-state index contributed by atoms with van der Waals surface area (Å²) in [6.45, 7) is 6.36. The topological polar surface area (TPSA) is 58.6 Å². The Balaban J connectivity index is 2.13. The second-order valence-electron chi connectivity index (χ2n) is 7.52. The van der Waals surface area contributed by atoms with Gasteiger partial charge in [-0.1, -0.05) is 44.2 Å². The van der Waals surface area contributed by atoms with Gasteiger partial charge in [0.05, 0.1) is 7.11 Å². The molecule has 0 spiro atoms. The van der Waals surface area contributed by atoms with Gasteiger partial charge < -0.3 is 15.0 Å². The molecular weight excluding hydrogens is 408 g/mol. The van der Waals surface area contributed by atoms with Gasteiger partial charge in [-0.25, -0.2) is 0 Å². The van der Waals surface area contributed by atoms with Gasteiger partial charge in [-0.15, -0.1) is 11.8 Å². The van der Waals surface area contributed by atoms with Crippen molar-refractivity contribution >= 4 is 23.6 Å². The maximum atomic E-state index is 13.2. The maximum Gasteiger partial charge on any atom is 0.243 e. The molecule has 1 N–H and O–H groups in total. The van der Waals surface area contributed by atoms with Crippen LogP contribution in [-0.4, -0.2) is 41.7 Å². The molecule has 0 radical (unpaired) electrons. The van der Waals surface area contributed by atoms with Crippen molar-refractivity contribution in [2.24, 2.45) is 0 Å². The zero-order chi connectivity index (χ0) is 22.6. The summed E-state index contributed by atoms with van der Waals surface area (Å²) in [7, 11) is 1.63. The largest absolute Gasteiger partial charge is 0.497 e. The predicted molar refractivity (Wildman–Crippen MR) is 127 cm³/mol. The van der Waals surface area contributed by atoms with Crippen LogP contribution in [0.5, 0.6) is 5.75 Å². The SMILES string of the molecule is CC[C@H](C)NC(=O)[C@H](CC)N(Cc1ccc(OC)cc1)C(=O)CCSc1ccccc1. The first kappa shape index (κ1) is 24.8. The second-order valence-corrected chi connectivity index (χ2v) is 8.69. The van der Waals surface area contributed by atoms with Crippen LogP contribution in [0.25, 0.3) is 0 Å². The number of rotatable bonds is 12. The molecule has 2 rings (SSSR count). The Morgan fingerprint density at radius 3 is 2.29 bits per heavy atom. The third-order valence-electron chi connectivity index (χ3n) is 5.23. The Morgan fingerprint density at radius 1 is 1.03 bits per heavy atom. The molecule has 0 aliphatic rings. The number of nitrogens with zero attached hydrogens (tertiary/aromatic N) is 1. The number of thioether (sulfide) groups is 1. The summed E-state index contributed by atoms with van der Waals surface area (Å²) in [5.74, 6) is 1.34. The summed E-state index contributed by atoms with van der Waals surface area (Å²) in [6.07, 6.45) is 1.79. The highest BCUT2D eigenvalue weighted by Gasteiger charge is 2.29. The minimum Gasteiger partial charge on any atom is -0.497 e. The van der Waals surface area contributed by atoms with Crippen LogP contribution in [0.15, 0.2) is 59.5 Å². The first-order valence-electron chi connectivity index (χ1n) is 10.9. The highest BCUT2D eigenvalue weighted by Crippen LogP contribution is 2.21. The van der Waals surface area contributed by atoms with E-state index in [2.05, 4.69) is 5.32 Å². The predicted octanol–water partition coefficient (Wildman–Crippen LogP) is 4.90. The normalized spacial score (nSPS) is 12.6. The third-order valence-corrected chi connectivity index (χ3v) is 6.24. The number of methoxy groups -OCH3 is 1. The fourth-order valence-electron chi connectivity index (χ4n) is 3.20. The minimum atomic E-state index is -0.495. The lowest BCUT2D eigenvalue weighted by molar-refractivity contribution is -0.141. The molecule has 0 bridgehead atoms. The number of nitrogens with one attached hydrogen (secondary N) is 1. The van der Waals surface area contributed by atoms with E-state index in [1.54, 1.807) is 23.8 Å². The number of hydrogen-bond donors (Lipinski definition) is 1. The summed E-state index contributed by atoms with van der Waals surface area (Å²) in [5, 5.41) is 3.04. The van der Waals surface area contributed by atoms with Crippen molar-refractivity contribution in [3.63, 3.8) is 0 Å².